The van der Waals surface area contributed by atoms with E-state index in [1.54, 1.807) is 20.0 Å². The third kappa shape index (κ3) is 3.41. The minimum absolute atomic E-state index is 0.0121. The lowest BCUT2D eigenvalue weighted by molar-refractivity contribution is 0.187. The van der Waals surface area contributed by atoms with E-state index in [-0.39, 0.29) is 6.04 Å². The fourth-order valence-corrected chi connectivity index (χ4v) is 4.81. The number of nitrogens with two attached hydrogens (primary N) is 1. The fourth-order valence-electron chi connectivity index (χ4n) is 2.73. The summed E-state index contributed by atoms with van der Waals surface area (Å²) in [4.78, 5) is 2.46. The molecular formula is C14H22BrN3O2S. The van der Waals surface area contributed by atoms with Gasteiger partial charge in [0.05, 0.1) is 4.90 Å². The Labute approximate surface area is 135 Å². The van der Waals surface area contributed by atoms with E-state index in [0.29, 0.717) is 16.1 Å². The van der Waals surface area contributed by atoms with Gasteiger partial charge in [-0.15, -0.1) is 0 Å². The number of piperidine rings is 1. The monoisotopic (exact) mass is 375 g/mol. The molecule has 1 aliphatic rings. The van der Waals surface area contributed by atoms with E-state index in [0.717, 1.165) is 30.4 Å². The fraction of sp³-hybridized carbons (Fsp3) is 0.571. The van der Waals surface area contributed by atoms with Crippen molar-refractivity contribution in [2.75, 3.05) is 32.9 Å². The van der Waals surface area contributed by atoms with Gasteiger partial charge in [0.2, 0.25) is 10.0 Å². The van der Waals surface area contributed by atoms with E-state index < -0.39 is 10.0 Å². The van der Waals surface area contributed by atoms with Gasteiger partial charge in [-0.3, -0.25) is 0 Å². The molecule has 2 rings (SSSR count). The number of nitrogen functional groups attached to an aromatic ring is 1. The van der Waals surface area contributed by atoms with Crippen LogP contribution in [0.15, 0.2) is 21.5 Å². The summed E-state index contributed by atoms with van der Waals surface area (Å²) in [5.41, 5.74) is 6.99. The highest BCUT2D eigenvalue weighted by molar-refractivity contribution is 9.10. The van der Waals surface area contributed by atoms with Crippen molar-refractivity contribution < 1.29 is 8.42 Å². The van der Waals surface area contributed by atoms with Gasteiger partial charge in [0.15, 0.2) is 0 Å². The summed E-state index contributed by atoms with van der Waals surface area (Å²) in [6.07, 6.45) is 1.91. The Balaban J connectivity index is 2.35. The van der Waals surface area contributed by atoms with Crippen LogP contribution in [0.5, 0.6) is 0 Å². The number of benzene rings is 1. The Morgan fingerprint density at radius 3 is 2.71 bits per heavy atom. The van der Waals surface area contributed by atoms with E-state index in [4.69, 9.17) is 5.73 Å². The molecule has 7 heteroatoms. The van der Waals surface area contributed by atoms with Crippen LogP contribution in [0.2, 0.25) is 0 Å². The molecule has 1 heterocycles. The van der Waals surface area contributed by atoms with Crippen LogP contribution in [0.4, 0.5) is 5.69 Å². The van der Waals surface area contributed by atoms with Crippen molar-refractivity contribution in [3.05, 3.63) is 22.2 Å². The van der Waals surface area contributed by atoms with Crippen molar-refractivity contribution in [3.63, 3.8) is 0 Å². The molecule has 0 spiro atoms. The predicted molar refractivity (Wildman–Crippen MR) is 88.8 cm³/mol. The summed E-state index contributed by atoms with van der Waals surface area (Å²) in [5.74, 6) is 0. The molecule has 0 aromatic heterocycles. The normalized spacial score (nSPS) is 20.9. The van der Waals surface area contributed by atoms with Gasteiger partial charge in [-0.1, -0.05) is 0 Å². The van der Waals surface area contributed by atoms with Crippen molar-refractivity contribution >= 4 is 31.6 Å². The van der Waals surface area contributed by atoms with Gasteiger partial charge in [-0.05, 0) is 67.0 Å². The number of hydrogen-bond acceptors (Lipinski definition) is 4. The lowest BCUT2D eigenvalue weighted by Gasteiger charge is -2.35. The van der Waals surface area contributed by atoms with Crippen LogP contribution in [-0.4, -0.2) is 50.8 Å². The van der Waals surface area contributed by atoms with Crippen molar-refractivity contribution in [2.45, 2.75) is 30.7 Å². The van der Waals surface area contributed by atoms with Crippen LogP contribution >= 0.6 is 15.9 Å². The van der Waals surface area contributed by atoms with Crippen LogP contribution in [-0.2, 0) is 10.0 Å². The second kappa shape index (κ2) is 6.24. The van der Waals surface area contributed by atoms with Crippen LogP contribution in [0.1, 0.15) is 18.4 Å². The zero-order chi connectivity index (χ0) is 15.8. The lowest BCUT2D eigenvalue weighted by atomic mass is 10.1. The number of nitrogens with zero attached hydrogens (tertiary/aromatic N) is 2. The second-order valence-electron chi connectivity index (χ2n) is 5.72. The van der Waals surface area contributed by atoms with Gasteiger partial charge in [0, 0.05) is 29.8 Å². The molecular weight excluding hydrogens is 354 g/mol. The quantitative estimate of drug-likeness (QED) is 0.820. The molecule has 1 aromatic carbocycles. The van der Waals surface area contributed by atoms with E-state index in [1.165, 1.54) is 10.4 Å². The number of sulfonamides is 1. The van der Waals surface area contributed by atoms with Crippen molar-refractivity contribution in [3.8, 4) is 0 Å². The lowest BCUT2D eigenvalue weighted by Crippen LogP contribution is -2.47. The summed E-state index contributed by atoms with van der Waals surface area (Å²) in [7, 11) is 0.161. The summed E-state index contributed by atoms with van der Waals surface area (Å²) in [5, 5.41) is 0. The number of likely N-dealkylation sites (tertiary alicyclic amines) is 1. The predicted octanol–water partition coefficient (Wildman–Crippen LogP) is 2.05. The van der Waals surface area contributed by atoms with Gasteiger partial charge in [0.25, 0.3) is 0 Å². The van der Waals surface area contributed by atoms with Gasteiger partial charge >= 0.3 is 0 Å². The third-order valence-corrected chi connectivity index (χ3v) is 6.80. The molecule has 0 aliphatic carbocycles. The average molecular weight is 376 g/mol. The number of rotatable bonds is 3. The molecule has 118 valence electrons. The molecule has 1 unspecified atom stereocenters. The van der Waals surface area contributed by atoms with E-state index >= 15 is 0 Å². The third-order valence-electron chi connectivity index (χ3n) is 4.07. The second-order valence-corrected chi connectivity index (χ2v) is 8.54. The molecule has 1 aliphatic heterocycles. The largest absolute Gasteiger partial charge is 0.398 e. The maximum absolute atomic E-state index is 12.9. The highest BCUT2D eigenvalue weighted by Crippen LogP contribution is 2.29. The van der Waals surface area contributed by atoms with Gasteiger partial charge < -0.3 is 10.6 Å². The Morgan fingerprint density at radius 1 is 1.43 bits per heavy atom. The molecule has 21 heavy (non-hydrogen) atoms. The molecule has 2 N–H and O–H groups in total. The molecule has 0 radical (unpaired) electrons. The van der Waals surface area contributed by atoms with E-state index in [1.807, 2.05) is 7.05 Å². The Kier molecular flexibility index (Phi) is 4.97. The number of aryl methyl sites for hydroxylation is 1. The van der Waals surface area contributed by atoms with Crippen LogP contribution < -0.4 is 5.73 Å². The van der Waals surface area contributed by atoms with Gasteiger partial charge in [0.1, 0.15) is 0 Å². The zero-order valence-electron chi connectivity index (χ0n) is 12.6. The summed E-state index contributed by atoms with van der Waals surface area (Å²) < 4.78 is 27.9. The van der Waals surface area contributed by atoms with Crippen molar-refractivity contribution in [1.29, 1.82) is 0 Å². The summed E-state index contributed by atoms with van der Waals surface area (Å²) >= 11 is 3.33. The molecule has 0 bridgehead atoms. The molecule has 0 amide bonds. The number of likely N-dealkylation sites (N-methyl/N-ethyl adjacent to an activating group) is 2. The standard InChI is InChI=1S/C14H22BrN3O2S/c1-10-7-12(15)13(16)8-14(10)21(19,20)18(3)11-5-4-6-17(2)9-11/h7-8,11H,4-6,9,16H2,1-3H3. The zero-order valence-corrected chi connectivity index (χ0v) is 15.0. The van der Waals surface area contributed by atoms with E-state index in [2.05, 4.69) is 20.8 Å². The average Bonchev–Trinajstić information content (AvgIpc) is 2.41. The van der Waals surface area contributed by atoms with Crippen LogP contribution in [0.25, 0.3) is 0 Å². The molecule has 0 saturated carbocycles. The highest BCUT2D eigenvalue weighted by atomic mass is 79.9. The SMILES string of the molecule is Cc1cc(Br)c(N)cc1S(=O)(=O)N(C)C1CCCN(C)C1. The highest BCUT2D eigenvalue weighted by Gasteiger charge is 2.31. The maximum Gasteiger partial charge on any atom is 0.243 e. The van der Waals surface area contributed by atoms with Gasteiger partial charge in [-0.2, -0.15) is 4.31 Å². The Morgan fingerprint density at radius 2 is 2.10 bits per heavy atom. The first kappa shape index (κ1) is 16.7. The smallest absolute Gasteiger partial charge is 0.243 e. The molecule has 1 atom stereocenters. The summed E-state index contributed by atoms with van der Waals surface area (Å²) in [6, 6.07) is 3.30. The van der Waals surface area contributed by atoms with Crippen molar-refractivity contribution in [2.24, 2.45) is 0 Å². The molecule has 5 nitrogen and oxygen atoms in total. The summed E-state index contributed by atoms with van der Waals surface area (Å²) in [6.45, 7) is 3.58. The van der Waals surface area contributed by atoms with E-state index in [9.17, 15) is 8.42 Å². The number of halogens is 1. The minimum atomic E-state index is -3.53. The number of hydrogen-bond donors (Lipinski definition) is 1. The maximum atomic E-state index is 12.9. The molecule has 1 fully saturated rings. The first-order chi connectivity index (χ1) is 9.73. The molecule has 1 aromatic rings. The van der Waals surface area contributed by atoms with Gasteiger partial charge in [-0.25, -0.2) is 8.42 Å². The molecule has 1 saturated heterocycles. The van der Waals surface area contributed by atoms with Crippen molar-refractivity contribution in [1.82, 2.24) is 9.21 Å². The minimum Gasteiger partial charge on any atom is -0.398 e. The topological polar surface area (TPSA) is 66.6 Å². The first-order valence-electron chi connectivity index (χ1n) is 6.95. The van der Waals surface area contributed by atoms with Crippen LogP contribution in [0.3, 0.4) is 0 Å². The number of anilines is 1. The Bertz CT molecular complexity index is 633. The first-order valence-corrected chi connectivity index (χ1v) is 9.19. The van der Waals surface area contributed by atoms with Crippen LogP contribution in [0, 0.1) is 6.92 Å². The Hall–Kier alpha value is -0.630.